The summed E-state index contributed by atoms with van der Waals surface area (Å²) in [4.78, 5) is 45.6. The van der Waals surface area contributed by atoms with Crippen LogP contribution in [0, 0.1) is 6.92 Å². The van der Waals surface area contributed by atoms with E-state index in [4.69, 9.17) is 21.3 Å². The zero-order valence-electron chi connectivity index (χ0n) is 28.6. The lowest BCUT2D eigenvalue weighted by molar-refractivity contribution is -0.120. The molecule has 2 saturated heterocycles. The van der Waals surface area contributed by atoms with Crippen molar-refractivity contribution >= 4 is 29.1 Å². The molecule has 0 unspecified atom stereocenters. The van der Waals surface area contributed by atoms with Gasteiger partial charge in [-0.25, -0.2) is 4.98 Å². The van der Waals surface area contributed by atoms with Crippen molar-refractivity contribution in [3.8, 4) is 39.3 Å². The van der Waals surface area contributed by atoms with Gasteiger partial charge in [-0.3, -0.25) is 23.8 Å². The molecule has 3 aromatic heterocycles. The Balaban J connectivity index is 1.10. The molecule has 5 heterocycles. The molecule has 11 nitrogen and oxygen atoms in total. The second-order valence-corrected chi connectivity index (χ2v) is 13.5. The molecule has 2 amide bonds. The number of hydrogen-bond donors (Lipinski definition) is 4. The maximum absolute atomic E-state index is 13.3. The van der Waals surface area contributed by atoms with E-state index in [9.17, 15) is 14.4 Å². The second kappa shape index (κ2) is 15.0. The Kier molecular flexibility index (Phi) is 10.1. The Morgan fingerprint density at radius 3 is 2.12 bits per heavy atom. The van der Waals surface area contributed by atoms with Gasteiger partial charge < -0.3 is 26.0 Å². The number of pyridine rings is 2. The molecule has 12 heteroatoms. The van der Waals surface area contributed by atoms with Crippen molar-refractivity contribution in [3.05, 3.63) is 105 Å². The summed E-state index contributed by atoms with van der Waals surface area (Å²) in [5.41, 5.74) is 8.22. The van der Waals surface area contributed by atoms with Gasteiger partial charge in [0.05, 0.1) is 17.8 Å². The van der Waals surface area contributed by atoms with E-state index in [0.29, 0.717) is 66.7 Å². The number of rotatable bonds is 12. The van der Waals surface area contributed by atoms with Crippen molar-refractivity contribution in [1.29, 1.82) is 0 Å². The maximum atomic E-state index is 13.3. The zero-order chi connectivity index (χ0) is 35.5. The van der Waals surface area contributed by atoms with Gasteiger partial charge in [0, 0.05) is 98.0 Å². The number of nitrogens with one attached hydrogen (secondary N) is 4. The molecule has 0 radical (unpaired) electrons. The Bertz CT molecular complexity index is 2190. The third-order valence-corrected chi connectivity index (χ3v) is 10.1. The Morgan fingerprint density at radius 2 is 1.45 bits per heavy atom. The van der Waals surface area contributed by atoms with Crippen LogP contribution in [0.1, 0.15) is 42.4 Å². The molecular weight excluding hydrogens is 666 g/mol. The number of fused-ring (bicyclic) bond motifs is 1. The van der Waals surface area contributed by atoms with Crippen molar-refractivity contribution in [2.45, 2.75) is 57.8 Å². The average molecular weight is 706 g/mol. The lowest BCUT2D eigenvalue weighted by Gasteiger charge is -2.16. The average Bonchev–Trinajstić information content (AvgIpc) is 3.76. The Labute approximate surface area is 300 Å². The number of halogens is 1. The van der Waals surface area contributed by atoms with Crippen molar-refractivity contribution in [2.24, 2.45) is 0 Å². The van der Waals surface area contributed by atoms with Crippen LogP contribution < -0.4 is 31.6 Å². The number of aromatic nitrogens is 3. The molecule has 2 aliphatic heterocycles. The normalized spacial score (nSPS) is 17.2. The molecule has 2 aromatic carbocycles. The number of hydrogen-bond acceptors (Lipinski definition) is 8. The van der Waals surface area contributed by atoms with E-state index in [1.807, 2.05) is 42.5 Å². The van der Waals surface area contributed by atoms with E-state index in [1.165, 1.54) is 0 Å². The van der Waals surface area contributed by atoms with E-state index < -0.39 is 0 Å². The van der Waals surface area contributed by atoms with Gasteiger partial charge in [-0.15, -0.1) is 0 Å². The van der Waals surface area contributed by atoms with E-state index in [0.717, 1.165) is 51.8 Å². The van der Waals surface area contributed by atoms with Gasteiger partial charge >= 0.3 is 0 Å². The molecule has 2 fully saturated rings. The van der Waals surface area contributed by atoms with Crippen LogP contribution >= 0.6 is 11.6 Å². The van der Waals surface area contributed by atoms with E-state index >= 15 is 0 Å². The third-order valence-electron chi connectivity index (χ3n) is 9.74. The fraction of sp³-hybridized carbons (Fsp3) is 0.308. The van der Waals surface area contributed by atoms with Crippen molar-refractivity contribution in [1.82, 2.24) is 35.6 Å². The SMILES string of the molecule is COc1cc(-c2cccc(-c3cccc(-c4ccn5c(=O)c(CNC[C@H]6CCC(=O)N6)cnc5c4)c3C)c2Cl)ncc1CNC[C@@H]1CCC(=O)N1. The molecule has 51 heavy (non-hydrogen) atoms. The van der Waals surface area contributed by atoms with Crippen LogP contribution in [0.2, 0.25) is 5.02 Å². The molecule has 7 rings (SSSR count). The molecule has 0 aliphatic carbocycles. The summed E-state index contributed by atoms with van der Waals surface area (Å²) in [6.07, 6.45) is 7.95. The van der Waals surface area contributed by atoms with Crippen molar-refractivity contribution in [3.63, 3.8) is 0 Å². The summed E-state index contributed by atoms with van der Waals surface area (Å²) in [7, 11) is 1.64. The summed E-state index contributed by atoms with van der Waals surface area (Å²) in [6, 6.07) is 18.0. The number of carbonyl (C=O) groups excluding carboxylic acids is 2. The standard InChI is InChI=1S/C39H40ClN7O4/c1-23-29(24-13-14-47-35(15-24)44-20-26(39(47)50)18-42-22-28-10-12-37(49)46-28)5-3-6-30(23)31-7-4-8-32(38(31)40)33-16-34(51-2)25(19-43-33)17-41-21-27-9-11-36(48)45-27/h3-8,13-16,19-20,27-28,41-42H,9-12,17-18,21-22H2,1-2H3,(H,45,48)(H,46,49)/t27-,28+/m0/s1. The predicted octanol–water partition coefficient (Wildman–Crippen LogP) is 4.80. The summed E-state index contributed by atoms with van der Waals surface area (Å²) in [6.45, 7) is 4.28. The number of nitrogens with zero attached hydrogens (tertiary/aromatic N) is 3. The third kappa shape index (κ3) is 7.37. The maximum Gasteiger partial charge on any atom is 0.262 e. The fourth-order valence-electron chi connectivity index (χ4n) is 6.94. The summed E-state index contributed by atoms with van der Waals surface area (Å²) < 4.78 is 7.30. The molecule has 0 bridgehead atoms. The van der Waals surface area contributed by atoms with Crippen LogP contribution in [0.4, 0.5) is 0 Å². The Hall–Kier alpha value is -5.10. The van der Waals surface area contributed by atoms with E-state index in [-0.39, 0.29) is 29.5 Å². The molecule has 0 saturated carbocycles. The molecule has 5 aromatic rings. The highest BCUT2D eigenvalue weighted by molar-refractivity contribution is 6.36. The van der Waals surface area contributed by atoms with Gasteiger partial charge in [0.2, 0.25) is 11.8 Å². The number of methoxy groups -OCH3 is 1. The number of amides is 2. The highest BCUT2D eigenvalue weighted by Crippen LogP contribution is 2.40. The van der Waals surface area contributed by atoms with Crippen LogP contribution in [-0.2, 0) is 22.7 Å². The molecule has 4 N–H and O–H groups in total. The lowest BCUT2D eigenvalue weighted by atomic mass is 9.92. The number of ether oxygens (including phenoxy) is 1. The molecular formula is C39H40ClN7O4. The number of carbonyl (C=O) groups is 2. The lowest BCUT2D eigenvalue weighted by Crippen LogP contribution is -2.36. The summed E-state index contributed by atoms with van der Waals surface area (Å²) in [5, 5.41) is 13.2. The highest BCUT2D eigenvalue weighted by Gasteiger charge is 2.22. The van der Waals surface area contributed by atoms with Crippen molar-refractivity contribution in [2.75, 3.05) is 20.2 Å². The van der Waals surface area contributed by atoms with Crippen LogP contribution in [-0.4, -0.2) is 58.5 Å². The summed E-state index contributed by atoms with van der Waals surface area (Å²) in [5.74, 6) is 0.873. The molecule has 2 atom stereocenters. The first-order valence-electron chi connectivity index (χ1n) is 17.2. The van der Waals surface area contributed by atoms with Gasteiger partial charge in [-0.05, 0) is 54.2 Å². The van der Waals surface area contributed by atoms with E-state index in [2.05, 4.69) is 45.3 Å². The fourth-order valence-corrected chi connectivity index (χ4v) is 7.26. The van der Waals surface area contributed by atoms with Crippen LogP contribution in [0.5, 0.6) is 5.75 Å². The molecule has 2 aliphatic rings. The minimum Gasteiger partial charge on any atom is -0.496 e. The molecule has 262 valence electrons. The van der Waals surface area contributed by atoms with Crippen LogP contribution in [0.3, 0.4) is 0 Å². The van der Waals surface area contributed by atoms with E-state index in [1.54, 1.807) is 30.1 Å². The van der Waals surface area contributed by atoms with Crippen LogP contribution in [0.15, 0.2) is 78.0 Å². The summed E-state index contributed by atoms with van der Waals surface area (Å²) >= 11 is 7.14. The minimum absolute atomic E-state index is 0.0701. The van der Waals surface area contributed by atoms with Crippen LogP contribution in [0.25, 0.3) is 39.2 Å². The predicted molar refractivity (Wildman–Crippen MR) is 198 cm³/mol. The smallest absolute Gasteiger partial charge is 0.262 e. The first kappa shape index (κ1) is 34.4. The van der Waals surface area contributed by atoms with Crippen molar-refractivity contribution < 1.29 is 14.3 Å². The minimum atomic E-state index is -0.128. The topological polar surface area (TPSA) is 139 Å². The quantitative estimate of drug-likeness (QED) is 0.145. The first-order chi connectivity index (χ1) is 24.8. The first-order valence-corrected chi connectivity index (χ1v) is 17.6. The van der Waals surface area contributed by atoms with Gasteiger partial charge in [-0.1, -0.05) is 48.0 Å². The largest absolute Gasteiger partial charge is 0.496 e. The number of benzene rings is 2. The monoisotopic (exact) mass is 705 g/mol. The molecule has 0 spiro atoms. The van der Waals surface area contributed by atoms with Gasteiger partial charge in [0.1, 0.15) is 11.4 Å². The van der Waals surface area contributed by atoms with Gasteiger partial charge in [0.15, 0.2) is 0 Å². The Morgan fingerprint density at radius 1 is 0.824 bits per heavy atom. The zero-order valence-corrected chi connectivity index (χ0v) is 29.3. The highest BCUT2D eigenvalue weighted by atomic mass is 35.5. The van der Waals surface area contributed by atoms with Gasteiger partial charge in [-0.2, -0.15) is 0 Å². The van der Waals surface area contributed by atoms with Gasteiger partial charge in [0.25, 0.3) is 5.56 Å². The second-order valence-electron chi connectivity index (χ2n) is 13.1.